The first-order valence-electron chi connectivity index (χ1n) is 6.33. The molecule has 1 fully saturated rings. The van der Waals surface area contributed by atoms with E-state index < -0.39 is 0 Å². The van der Waals surface area contributed by atoms with Gasteiger partial charge < -0.3 is 10.3 Å². The Morgan fingerprint density at radius 3 is 2.69 bits per heavy atom. The van der Waals surface area contributed by atoms with Gasteiger partial charge >= 0.3 is 0 Å². The van der Waals surface area contributed by atoms with Gasteiger partial charge in [-0.2, -0.15) is 0 Å². The minimum atomic E-state index is 0.107. The predicted octanol–water partition coefficient (Wildman–Crippen LogP) is 2.73. The second kappa shape index (κ2) is 4.21. The molecule has 0 amide bonds. The van der Waals surface area contributed by atoms with Crippen molar-refractivity contribution in [2.45, 2.75) is 52.6 Å². The minimum absolute atomic E-state index is 0.107. The lowest BCUT2D eigenvalue weighted by Gasteiger charge is -2.21. The molecule has 3 heteroatoms. The van der Waals surface area contributed by atoms with Crippen LogP contribution in [0, 0.1) is 11.3 Å². The molecular weight excluding hydrogens is 198 g/mol. The van der Waals surface area contributed by atoms with E-state index in [0.29, 0.717) is 11.3 Å². The summed E-state index contributed by atoms with van der Waals surface area (Å²) in [5.74, 6) is 0.465. The van der Waals surface area contributed by atoms with E-state index in [2.05, 4.69) is 30.3 Å². The average Bonchev–Trinajstić information content (AvgIpc) is 2.88. The van der Waals surface area contributed by atoms with Crippen LogP contribution in [0.2, 0.25) is 0 Å². The van der Waals surface area contributed by atoms with Crippen molar-refractivity contribution in [3.8, 4) is 0 Å². The van der Waals surface area contributed by atoms with E-state index in [-0.39, 0.29) is 6.04 Å². The van der Waals surface area contributed by atoms with Crippen LogP contribution < -0.4 is 5.73 Å². The molecule has 16 heavy (non-hydrogen) atoms. The van der Waals surface area contributed by atoms with Gasteiger partial charge in [0.05, 0.1) is 12.0 Å². The van der Waals surface area contributed by atoms with Crippen molar-refractivity contribution in [1.29, 1.82) is 0 Å². The van der Waals surface area contributed by atoms with Gasteiger partial charge in [0.15, 0.2) is 0 Å². The van der Waals surface area contributed by atoms with Gasteiger partial charge in [0.1, 0.15) is 0 Å². The monoisotopic (exact) mass is 221 g/mol. The summed E-state index contributed by atoms with van der Waals surface area (Å²) in [6.45, 7) is 7.70. The third-order valence-corrected chi connectivity index (χ3v) is 4.02. The van der Waals surface area contributed by atoms with Crippen molar-refractivity contribution in [2.24, 2.45) is 17.1 Å². The number of aromatic nitrogens is 2. The van der Waals surface area contributed by atoms with Crippen LogP contribution in [0.3, 0.4) is 0 Å². The maximum atomic E-state index is 6.20. The largest absolute Gasteiger partial charge is 0.333 e. The molecular formula is C13H23N3. The van der Waals surface area contributed by atoms with Crippen molar-refractivity contribution >= 4 is 0 Å². The first-order chi connectivity index (χ1) is 7.58. The number of nitrogens with two attached hydrogens (primary N) is 1. The molecule has 1 aromatic rings. The standard InChI is InChI=1S/C13H23N3/c1-4-13(5-6-13)8-16-9-15-7-11(16)12(14)10(2)3/h7,9-10,12H,4-6,8,14H2,1-3H3. The highest BCUT2D eigenvalue weighted by molar-refractivity contribution is 5.07. The van der Waals surface area contributed by atoms with E-state index in [1.165, 1.54) is 25.0 Å². The first kappa shape index (κ1) is 11.6. The fraction of sp³-hybridized carbons (Fsp3) is 0.769. The van der Waals surface area contributed by atoms with Gasteiger partial charge in [0, 0.05) is 18.8 Å². The molecule has 0 aromatic carbocycles. The lowest BCUT2D eigenvalue weighted by Crippen LogP contribution is -2.22. The van der Waals surface area contributed by atoms with Crippen LogP contribution in [0.1, 0.15) is 51.8 Å². The smallest absolute Gasteiger partial charge is 0.0948 e. The third kappa shape index (κ3) is 2.14. The fourth-order valence-electron chi connectivity index (χ4n) is 2.24. The van der Waals surface area contributed by atoms with Gasteiger partial charge in [-0.3, -0.25) is 0 Å². The topological polar surface area (TPSA) is 43.8 Å². The zero-order valence-corrected chi connectivity index (χ0v) is 10.6. The molecule has 1 aliphatic rings. The molecule has 90 valence electrons. The summed E-state index contributed by atoms with van der Waals surface area (Å²) in [6.07, 6.45) is 7.85. The van der Waals surface area contributed by atoms with Gasteiger partial charge in [0.2, 0.25) is 0 Å². The number of nitrogens with zero attached hydrogens (tertiary/aromatic N) is 2. The van der Waals surface area contributed by atoms with Crippen molar-refractivity contribution in [3.63, 3.8) is 0 Å². The summed E-state index contributed by atoms with van der Waals surface area (Å²) in [5, 5.41) is 0. The molecule has 3 nitrogen and oxygen atoms in total. The number of hydrogen-bond donors (Lipinski definition) is 1. The molecule has 1 heterocycles. The summed E-state index contributed by atoms with van der Waals surface area (Å²) in [5.41, 5.74) is 7.94. The van der Waals surface area contributed by atoms with Gasteiger partial charge in [-0.25, -0.2) is 4.98 Å². The van der Waals surface area contributed by atoms with Gasteiger partial charge in [-0.15, -0.1) is 0 Å². The zero-order valence-electron chi connectivity index (χ0n) is 10.6. The number of hydrogen-bond acceptors (Lipinski definition) is 2. The van der Waals surface area contributed by atoms with Gasteiger partial charge in [-0.1, -0.05) is 20.8 Å². The fourth-order valence-corrected chi connectivity index (χ4v) is 2.24. The van der Waals surface area contributed by atoms with Crippen molar-refractivity contribution in [2.75, 3.05) is 0 Å². The lowest BCUT2D eigenvalue weighted by molar-refractivity contribution is 0.384. The molecule has 1 unspecified atom stereocenters. The van der Waals surface area contributed by atoms with E-state index in [1.54, 1.807) is 0 Å². The molecule has 1 aromatic heterocycles. The molecule has 0 radical (unpaired) electrons. The third-order valence-electron chi connectivity index (χ3n) is 4.02. The van der Waals surface area contributed by atoms with Crippen molar-refractivity contribution < 1.29 is 0 Å². The molecule has 2 rings (SSSR count). The number of imidazole rings is 1. The Morgan fingerprint density at radius 2 is 2.19 bits per heavy atom. The maximum absolute atomic E-state index is 6.20. The van der Waals surface area contributed by atoms with Crippen LogP contribution in [0.5, 0.6) is 0 Å². The minimum Gasteiger partial charge on any atom is -0.333 e. The Labute approximate surface area is 98.1 Å². The normalized spacial score (nSPS) is 20.1. The summed E-state index contributed by atoms with van der Waals surface area (Å²) in [7, 11) is 0. The van der Waals surface area contributed by atoms with E-state index in [4.69, 9.17) is 5.73 Å². The van der Waals surface area contributed by atoms with Gasteiger partial charge in [0.25, 0.3) is 0 Å². The zero-order chi connectivity index (χ0) is 11.8. The van der Waals surface area contributed by atoms with Crippen LogP contribution in [0.4, 0.5) is 0 Å². The van der Waals surface area contributed by atoms with Crippen LogP contribution in [0.15, 0.2) is 12.5 Å². The summed E-state index contributed by atoms with van der Waals surface area (Å²) < 4.78 is 2.27. The van der Waals surface area contributed by atoms with Crippen molar-refractivity contribution in [3.05, 3.63) is 18.2 Å². The molecule has 1 saturated carbocycles. The van der Waals surface area contributed by atoms with Gasteiger partial charge in [-0.05, 0) is 30.6 Å². The SMILES string of the molecule is CCC1(Cn2cncc2C(N)C(C)C)CC1. The summed E-state index contributed by atoms with van der Waals surface area (Å²) in [4.78, 5) is 4.25. The van der Waals surface area contributed by atoms with Crippen molar-refractivity contribution in [1.82, 2.24) is 9.55 Å². The highest BCUT2D eigenvalue weighted by Gasteiger charge is 2.41. The Balaban J connectivity index is 2.13. The molecule has 2 N–H and O–H groups in total. The van der Waals surface area contributed by atoms with Crippen LogP contribution in [-0.2, 0) is 6.54 Å². The molecule has 0 aliphatic heterocycles. The Morgan fingerprint density at radius 1 is 1.50 bits per heavy atom. The van der Waals surface area contributed by atoms with E-state index in [9.17, 15) is 0 Å². The second-order valence-corrected chi connectivity index (χ2v) is 5.57. The second-order valence-electron chi connectivity index (χ2n) is 5.57. The highest BCUT2D eigenvalue weighted by Crippen LogP contribution is 2.50. The summed E-state index contributed by atoms with van der Waals surface area (Å²) in [6, 6.07) is 0.107. The molecule has 0 saturated heterocycles. The van der Waals surface area contributed by atoms with Crippen LogP contribution in [0.25, 0.3) is 0 Å². The quantitative estimate of drug-likeness (QED) is 0.830. The Kier molecular flexibility index (Phi) is 3.06. The van der Waals surface area contributed by atoms with Crippen LogP contribution in [-0.4, -0.2) is 9.55 Å². The highest BCUT2D eigenvalue weighted by atomic mass is 15.1. The molecule has 1 aliphatic carbocycles. The molecule has 1 atom stereocenters. The van der Waals surface area contributed by atoms with E-state index in [1.807, 2.05) is 12.5 Å². The van der Waals surface area contributed by atoms with E-state index in [0.717, 1.165) is 6.54 Å². The molecule has 0 spiro atoms. The number of rotatable bonds is 5. The first-order valence-corrected chi connectivity index (χ1v) is 6.33. The average molecular weight is 221 g/mol. The Hall–Kier alpha value is -0.830. The Bertz CT molecular complexity index is 350. The lowest BCUT2D eigenvalue weighted by atomic mass is 10.0. The summed E-state index contributed by atoms with van der Waals surface area (Å²) >= 11 is 0. The predicted molar refractivity (Wildman–Crippen MR) is 66.0 cm³/mol. The van der Waals surface area contributed by atoms with Crippen LogP contribution >= 0.6 is 0 Å². The molecule has 0 bridgehead atoms. The maximum Gasteiger partial charge on any atom is 0.0948 e. The van der Waals surface area contributed by atoms with E-state index >= 15 is 0 Å².